The average molecular weight is 166 g/mol. The van der Waals surface area contributed by atoms with Crippen molar-refractivity contribution in [1.82, 2.24) is 4.98 Å². The molecule has 0 spiro atoms. The van der Waals surface area contributed by atoms with Crippen molar-refractivity contribution in [3.05, 3.63) is 29.6 Å². The maximum absolute atomic E-state index is 10.4. The predicted octanol–water partition coefficient (Wildman–Crippen LogP) is 0.474. The van der Waals surface area contributed by atoms with E-state index < -0.39 is 12.0 Å². The Kier molecular flexibility index (Phi) is 2.40. The third-order valence-corrected chi connectivity index (χ3v) is 1.49. The van der Waals surface area contributed by atoms with Crippen LogP contribution < -0.4 is 5.73 Å². The summed E-state index contributed by atoms with van der Waals surface area (Å²) in [6.45, 7) is 1.79. The van der Waals surface area contributed by atoms with Crippen LogP contribution >= 0.6 is 0 Å². The lowest BCUT2D eigenvalue weighted by Gasteiger charge is -2.05. The normalized spacial score (nSPS) is 12.5. The van der Waals surface area contributed by atoms with Crippen LogP contribution in [0.3, 0.4) is 0 Å². The number of rotatable bonds is 2. The van der Waals surface area contributed by atoms with Crippen LogP contribution in [-0.4, -0.2) is 16.1 Å². The molecule has 0 amide bonds. The van der Waals surface area contributed by atoms with Gasteiger partial charge in [0.05, 0.1) is 5.69 Å². The van der Waals surface area contributed by atoms with Crippen molar-refractivity contribution in [3.63, 3.8) is 0 Å². The van der Waals surface area contributed by atoms with Crippen molar-refractivity contribution in [2.24, 2.45) is 5.73 Å². The summed E-state index contributed by atoms with van der Waals surface area (Å²) in [6, 6.07) is 4.11. The van der Waals surface area contributed by atoms with E-state index in [0.29, 0.717) is 5.69 Å². The molecule has 1 rings (SSSR count). The fourth-order valence-corrected chi connectivity index (χ4v) is 0.864. The van der Waals surface area contributed by atoms with E-state index in [1.807, 2.05) is 0 Å². The van der Waals surface area contributed by atoms with Crippen LogP contribution in [0.1, 0.15) is 17.4 Å². The number of aryl methyl sites for hydroxylation is 1. The van der Waals surface area contributed by atoms with Crippen molar-refractivity contribution in [2.45, 2.75) is 13.0 Å². The number of hydrogen-bond donors (Lipinski definition) is 2. The summed E-state index contributed by atoms with van der Waals surface area (Å²) in [4.78, 5) is 14.4. The van der Waals surface area contributed by atoms with Crippen molar-refractivity contribution in [2.75, 3.05) is 0 Å². The molecule has 0 aliphatic carbocycles. The van der Waals surface area contributed by atoms with E-state index >= 15 is 0 Å². The lowest BCUT2D eigenvalue weighted by atomic mass is 10.2. The highest BCUT2D eigenvalue weighted by molar-refractivity contribution is 5.74. The van der Waals surface area contributed by atoms with Crippen molar-refractivity contribution in [1.29, 1.82) is 0 Å². The summed E-state index contributed by atoms with van der Waals surface area (Å²) < 4.78 is 0. The number of carboxylic acid groups (broad SMARTS) is 1. The van der Waals surface area contributed by atoms with Gasteiger partial charge >= 0.3 is 5.97 Å². The van der Waals surface area contributed by atoms with Crippen LogP contribution in [0, 0.1) is 6.92 Å². The van der Waals surface area contributed by atoms with Gasteiger partial charge in [-0.25, -0.2) is 0 Å². The van der Waals surface area contributed by atoms with Gasteiger partial charge in [-0.15, -0.1) is 0 Å². The maximum Gasteiger partial charge on any atom is 0.326 e. The van der Waals surface area contributed by atoms with E-state index in [0.717, 1.165) is 5.69 Å². The molecule has 0 aromatic carbocycles. The van der Waals surface area contributed by atoms with Gasteiger partial charge in [0, 0.05) is 5.69 Å². The van der Waals surface area contributed by atoms with Crippen LogP contribution in [0.4, 0.5) is 0 Å². The Balaban J connectivity index is 2.95. The summed E-state index contributed by atoms with van der Waals surface area (Å²) in [7, 11) is 0. The predicted molar refractivity (Wildman–Crippen MR) is 43.5 cm³/mol. The van der Waals surface area contributed by atoms with Gasteiger partial charge in [-0.1, -0.05) is 6.07 Å². The smallest absolute Gasteiger partial charge is 0.326 e. The first kappa shape index (κ1) is 8.67. The molecule has 1 unspecified atom stereocenters. The number of pyridine rings is 1. The molecule has 1 aromatic rings. The van der Waals surface area contributed by atoms with Gasteiger partial charge in [0.15, 0.2) is 0 Å². The highest BCUT2D eigenvalue weighted by Crippen LogP contribution is 2.07. The fourth-order valence-electron chi connectivity index (χ4n) is 0.864. The Morgan fingerprint density at radius 1 is 1.67 bits per heavy atom. The second-order valence-electron chi connectivity index (χ2n) is 2.52. The van der Waals surface area contributed by atoms with Gasteiger partial charge in [0.1, 0.15) is 6.04 Å². The minimum atomic E-state index is -1.06. The molecule has 1 heterocycles. The van der Waals surface area contributed by atoms with Crippen LogP contribution in [0.25, 0.3) is 0 Å². The number of nitrogens with two attached hydrogens (primary N) is 1. The first-order valence-corrected chi connectivity index (χ1v) is 3.53. The van der Waals surface area contributed by atoms with Gasteiger partial charge in [0.25, 0.3) is 0 Å². The molecule has 0 saturated heterocycles. The van der Waals surface area contributed by atoms with E-state index in [1.165, 1.54) is 0 Å². The van der Waals surface area contributed by atoms with Crippen LogP contribution in [0.2, 0.25) is 0 Å². The SMILES string of the molecule is Cc1cccc(C(N)C(=O)O)n1. The Labute approximate surface area is 70.0 Å². The summed E-state index contributed by atoms with van der Waals surface area (Å²) in [5.74, 6) is -1.06. The molecular formula is C8H10N2O2. The standard InChI is InChI=1S/C8H10N2O2/c1-5-3-2-4-6(10-5)7(9)8(11)12/h2-4,7H,9H2,1H3,(H,11,12). The topological polar surface area (TPSA) is 76.2 Å². The van der Waals surface area contributed by atoms with Gasteiger partial charge in [-0.05, 0) is 19.1 Å². The molecule has 4 nitrogen and oxygen atoms in total. The summed E-state index contributed by atoms with van der Waals surface area (Å²) in [6.07, 6.45) is 0. The maximum atomic E-state index is 10.4. The molecule has 0 bridgehead atoms. The third-order valence-electron chi connectivity index (χ3n) is 1.49. The fraction of sp³-hybridized carbons (Fsp3) is 0.250. The van der Waals surface area contributed by atoms with E-state index in [-0.39, 0.29) is 0 Å². The van der Waals surface area contributed by atoms with E-state index in [4.69, 9.17) is 10.8 Å². The average Bonchev–Trinajstić information content (AvgIpc) is 2.03. The number of nitrogens with zero attached hydrogens (tertiary/aromatic N) is 1. The summed E-state index contributed by atoms with van der Waals surface area (Å²) in [5.41, 5.74) is 6.50. The van der Waals surface area contributed by atoms with Crippen LogP contribution in [0.5, 0.6) is 0 Å². The van der Waals surface area contributed by atoms with Crippen LogP contribution in [0.15, 0.2) is 18.2 Å². The minimum Gasteiger partial charge on any atom is -0.480 e. The van der Waals surface area contributed by atoms with Gasteiger partial charge in [0.2, 0.25) is 0 Å². The second kappa shape index (κ2) is 3.32. The molecular weight excluding hydrogens is 156 g/mol. The first-order chi connectivity index (χ1) is 5.61. The first-order valence-electron chi connectivity index (χ1n) is 3.53. The Bertz CT molecular complexity index is 299. The molecule has 4 heteroatoms. The lowest BCUT2D eigenvalue weighted by molar-refractivity contribution is -0.138. The molecule has 1 atom stereocenters. The van der Waals surface area contributed by atoms with Crippen molar-refractivity contribution >= 4 is 5.97 Å². The minimum absolute atomic E-state index is 0.391. The zero-order chi connectivity index (χ0) is 9.14. The van der Waals surface area contributed by atoms with E-state index in [2.05, 4.69) is 4.98 Å². The van der Waals surface area contributed by atoms with Crippen LogP contribution in [-0.2, 0) is 4.79 Å². The lowest BCUT2D eigenvalue weighted by Crippen LogP contribution is -2.21. The molecule has 0 fully saturated rings. The van der Waals surface area contributed by atoms with Crippen molar-refractivity contribution < 1.29 is 9.90 Å². The molecule has 0 aliphatic heterocycles. The number of aliphatic carboxylic acids is 1. The van der Waals surface area contributed by atoms with E-state index in [9.17, 15) is 4.79 Å². The highest BCUT2D eigenvalue weighted by Gasteiger charge is 2.14. The number of carboxylic acids is 1. The number of carbonyl (C=O) groups is 1. The summed E-state index contributed by atoms with van der Waals surface area (Å²) in [5, 5.41) is 8.56. The quantitative estimate of drug-likeness (QED) is 0.669. The summed E-state index contributed by atoms with van der Waals surface area (Å²) >= 11 is 0. The number of hydrogen-bond acceptors (Lipinski definition) is 3. The molecule has 12 heavy (non-hydrogen) atoms. The molecule has 1 aromatic heterocycles. The Hall–Kier alpha value is -1.42. The molecule has 0 radical (unpaired) electrons. The molecule has 64 valence electrons. The second-order valence-corrected chi connectivity index (χ2v) is 2.52. The third kappa shape index (κ3) is 1.79. The van der Waals surface area contributed by atoms with Crippen molar-refractivity contribution in [3.8, 4) is 0 Å². The zero-order valence-corrected chi connectivity index (χ0v) is 6.69. The molecule has 0 saturated carbocycles. The van der Waals surface area contributed by atoms with E-state index in [1.54, 1.807) is 25.1 Å². The largest absolute Gasteiger partial charge is 0.480 e. The van der Waals surface area contributed by atoms with Gasteiger partial charge in [-0.3, -0.25) is 9.78 Å². The highest BCUT2D eigenvalue weighted by atomic mass is 16.4. The zero-order valence-electron chi connectivity index (χ0n) is 6.69. The number of aromatic nitrogens is 1. The Morgan fingerprint density at radius 3 is 2.83 bits per heavy atom. The monoisotopic (exact) mass is 166 g/mol. The Morgan fingerprint density at radius 2 is 2.33 bits per heavy atom. The molecule has 0 aliphatic rings. The van der Waals surface area contributed by atoms with Gasteiger partial charge in [-0.2, -0.15) is 0 Å². The molecule has 3 N–H and O–H groups in total. The van der Waals surface area contributed by atoms with Gasteiger partial charge < -0.3 is 10.8 Å².